The minimum absolute atomic E-state index is 0.427. The molecule has 0 amide bonds. The Hall–Kier alpha value is -4.35. The number of ether oxygens (including phenoxy) is 2. The lowest BCUT2D eigenvalue weighted by Crippen LogP contribution is -2.08. The van der Waals surface area contributed by atoms with E-state index < -0.39 is 12.3 Å². The van der Waals surface area contributed by atoms with E-state index >= 15 is 0 Å². The largest absolute Gasteiger partial charge is 0.465 e. The van der Waals surface area contributed by atoms with Gasteiger partial charge in [0.05, 0.1) is 12.7 Å². The molecule has 0 aliphatic heterocycles. The molecule has 9 heteroatoms. The van der Waals surface area contributed by atoms with E-state index in [4.69, 9.17) is 15.2 Å². The van der Waals surface area contributed by atoms with Crippen LogP contribution in [0, 0.1) is 6.92 Å². The third-order valence-electron chi connectivity index (χ3n) is 8.06. The second-order valence-corrected chi connectivity index (χ2v) is 15.5. The molecule has 1 unspecified atom stereocenters. The van der Waals surface area contributed by atoms with Crippen LogP contribution < -0.4 is 5.73 Å². The maximum atomic E-state index is 13.3. The summed E-state index contributed by atoms with van der Waals surface area (Å²) in [6, 6.07) is 36.8. The van der Waals surface area contributed by atoms with Gasteiger partial charge in [-0.2, -0.15) is 0 Å². The number of aryl methyl sites for hydroxylation is 1. The van der Waals surface area contributed by atoms with Gasteiger partial charge >= 0.3 is 5.97 Å². The lowest BCUT2D eigenvalue weighted by Gasteiger charge is -2.17. The molecule has 0 aliphatic rings. The molecule has 0 saturated carbocycles. The first-order valence-electron chi connectivity index (χ1n) is 15.1. The summed E-state index contributed by atoms with van der Waals surface area (Å²) in [5.74, 6) is -0.444. The highest BCUT2D eigenvalue weighted by atomic mass is 32.1. The molecule has 0 radical (unpaired) electrons. The number of thiophene rings is 4. The Morgan fingerprint density at radius 2 is 1.04 bits per heavy atom. The van der Waals surface area contributed by atoms with Crippen LogP contribution in [0.25, 0.3) is 61.3 Å². The van der Waals surface area contributed by atoms with Crippen LogP contribution in [0.3, 0.4) is 0 Å². The molecule has 48 heavy (non-hydrogen) atoms. The summed E-state index contributed by atoms with van der Waals surface area (Å²) in [5.41, 5.74) is 12.6. The molecule has 240 valence electrons. The summed E-state index contributed by atoms with van der Waals surface area (Å²) in [7, 11) is 2.86. The summed E-state index contributed by atoms with van der Waals surface area (Å²) in [6.45, 7) is 2.09. The van der Waals surface area contributed by atoms with Crippen molar-refractivity contribution < 1.29 is 19.4 Å². The highest BCUT2D eigenvalue weighted by Crippen LogP contribution is 2.46. The number of rotatable bonds is 9. The van der Waals surface area contributed by atoms with Gasteiger partial charge in [-0.25, -0.2) is 4.79 Å². The summed E-state index contributed by atoms with van der Waals surface area (Å²) in [6.07, 6.45) is -1.19. The lowest BCUT2D eigenvalue weighted by atomic mass is 9.96. The first-order valence-corrected chi connectivity index (χ1v) is 18.4. The Kier molecular flexibility index (Phi) is 9.15. The summed E-state index contributed by atoms with van der Waals surface area (Å²) >= 11 is 6.64. The molecule has 0 saturated heterocycles. The molecule has 4 heterocycles. The number of methoxy groups -OCH3 is 2. The van der Waals surface area contributed by atoms with E-state index in [0.29, 0.717) is 16.7 Å². The van der Waals surface area contributed by atoms with Crippen molar-refractivity contribution in [2.75, 3.05) is 20.0 Å². The normalized spacial score (nSPS) is 11.9. The van der Waals surface area contributed by atoms with Crippen LogP contribution in [-0.4, -0.2) is 25.3 Å². The first kappa shape index (κ1) is 32.2. The van der Waals surface area contributed by atoms with Gasteiger partial charge in [-0.3, -0.25) is 0 Å². The van der Waals surface area contributed by atoms with Crippen molar-refractivity contribution >= 4 is 57.0 Å². The van der Waals surface area contributed by atoms with Crippen molar-refractivity contribution in [3.8, 4) is 61.3 Å². The lowest BCUT2D eigenvalue weighted by molar-refractivity contribution is -0.0765. The standard InChI is InChI=1S/C39H31NO4S4/c1-22-4-6-23(7-5-22)30-12-16-34(45-30)36-18-14-32(47-36)26-20-29(39(42)44-3)27(21-28(26)38(41)43-2)33-15-19-37(48-33)35-17-13-31(46-35)24-8-10-25(40)11-9-24/h4-21,39,42H,40H2,1-3H3. The Balaban J connectivity index is 1.25. The van der Waals surface area contributed by atoms with Gasteiger partial charge in [0, 0.05) is 68.5 Å². The number of nitrogens with two attached hydrogens (primary N) is 1. The third kappa shape index (κ3) is 6.41. The van der Waals surface area contributed by atoms with Gasteiger partial charge in [0.15, 0.2) is 6.29 Å². The van der Waals surface area contributed by atoms with E-state index in [1.165, 1.54) is 30.2 Å². The molecule has 7 rings (SSSR count). The van der Waals surface area contributed by atoms with E-state index in [9.17, 15) is 9.90 Å². The predicted molar refractivity (Wildman–Crippen MR) is 203 cm³/mol. The summed E-state index contributed by atoms with van der Waals surface area (Å²) < 4.78 is 10.7. The zero-order valence-corrected chi connectivity index (χ0v) is 29.6. The van der Waals surface area contributed by atoms with Crippen molar-refractivity contribution in [3.05, 3.63) is 126 Å². The van der Waals surface area contributed by atoms with Gasteiger partial charge in [0.2, 0.25) is 0 Å². The van der Waals surface area contributed by atoms with Crippen LogP contribution in [0.4, 0.5) is 5.69 Å². The quantitative estimate of drug-likeness (QED) is 0.0887. The number of aliphatic hydroxyl groups excluding tert-OH is 1. The number of hydrogen-bond donors (Lipinski definition) is 2. The van der Waals surface area contributed by atoms with Gasteiger partial charge in [-0.05, 0) is 90.8 Å². The van der Waals surface area contributed by atoms with Crippen molar-refractivity contribution in [1.82, 2.24) is 0 Å². The second kappa shape index (κ2) is 13.6. The van der Waals surface area contributed by atoms with Crippen molar-refractivity contribution in [3.63, 3.8) is 0 Å². The maximum absolute atomic E-state index is 13.3. The number of benzene rings is 3. The zero-order valence-electron chi connectivity index (χ0n) is 26.4. The average Bonchev–Trinajstić information content (AvgIpc) is 3.94. The molecule has 7 aromatic rings. The first-order chi connectivity index (χ1) is 23.3. The Morgan fingerprint density at radius 3 is 1.54 bits per heavy atom. The number of hydrogen-bond acceptors (Lipinski definition) is 9. The molecule has 4 aromatic heterocycles. The van der Waals surface area contributed by atoms with Crippen LogP contribution in [0.15, 0.2) is 109 Å². The molecule has 0 aliphatic carbocycles. The van der Waals surface area contributed by atoms with Gasteiger partial charge in [0.25, 0.3) is 0 Å². The minimum Gasteiger partial charge on any atom is -0.465 e. The Labute approximate surface area is 295 Å². The van der Waals surface area contributed by atoms with Crippen LogP contribution in [0.1, 0.15) is 27.8 Å². The van der Waals surface area contributed by atoms with Gasteiger partial charge in [0.1, 0.15) is 0 Å². The second-order valence-electron chi connectivity index (χ2n) is 11.2. The number of anilines is 1. The molecule has 1 atom stereocenters. The maximum Gasteiger partial charge on any atom is 0.338 e. The molecular formula is C39H31NO4S4. The molecule has 3 aromatic carbocycles. The average molecular weight is 706 g/mol. The molecule has 5 nitrogen and oxygen atoms in total. The number of nitrogen functional groups attached to an aromatic ring is 1. The van der Waals surface area contributed by atoms with E-state index in [-0.39, 0.29) is 0 Å². The van der Waals surface area contributed by atoms with E-state index in [2.05, 4.69) is 67.6 Å². The van der Waals surface area contributed by atoms with Crippen molar-refractivity contribution in [2.45, 2.75) is 13.2 Å². The van der Waals surface area contributed by atoms with E-state index in [0.717, 1.165) is 51.0 Å². The Morgan fingerprint density at radius 1 is 0.604 bits per heavy atom. The topological polar surface area (TPSA) is 81.8 Å². The molecule has 0 fully saturated rings. The molecule has 0 bridgehead atoms. The number of carbonyl (C=O) groups is 1. The highest BCUT2D eigenvalue weighted by molar-refractivity contribution is 7.26. The van der Waals surface area contributed by atoms with Crippen molar-refractivity contribution in [2.24, 2.45) is 0 Å². The Bertz CT molecular complexity index is 2220. The van der Waals surface area contributed by atoms with E-state index in [1.807, 2.05) is 48.5 Å². The smallest absolute Gasteiger partial charge is 0.338 e. The third-order valence-corrected chi connectivity index (χ3v) is 13.0. The van der Waals surface area contributed by atoms with Crippen molar-refractivity contribution in [1.29, 1.82) is 0 Å². The predicted octanol–water partition coefficient (Wildman–Crippen LogP) is 11.2. The van der Waals surface area contributed by atoms with Gasteiger partial charge in [-0.15, -0.1) is 45.3 Å². The zero-order chi connectivity index (χ0) is 33.4. The van der Waals surface area contributed by atoms with Crippen LogP contribution >= 0.6 is 45.3 Å². The molecule has 3 N–H and O–H groups in total. The number of carbonyl (C=O) groups excluding carboxylic acids is 1. The van der Waals surface area contributed by atoms with Crippen LogP contribution in [0.5, 0.6) is 0 Å². The molecular weight excluding hydrogens is 675 g/mol. The monoisotopic (exact) mass is 705 g/mol. The fourth-order valence-corrected chi connectivity index (χ4v) is 9.77. The number of aliphatic hydroxyl groups is 1. The highest BCUT2D eigenvalue weighted by Gasteiger charge is 2.24. The SMILES string of the molecule is COC(=O)c1cc(-c2ccc(-c3ccc(-c4ccc(N)cc4)s3)s2)c(C(O)OC)cc1-c1ccc(-c2ccc(-c3ccc(C)cc3)s2)s1. The number of esters is 1. The fraction of sp³-hybridized carbons (Fsp3) is 0.103. The fourth-order valence-electron chi connectivity index (χ4n) is 5.49. The van der Waals surface area contributed by atoms with E-state index in [1.54, 1.807) is 45.3 Å². The van der Waals surface area contributed by atoms with Gasteiger partial charge in [-0.1, -0.05) is 42.0 Å². The van der Waals surface area contributed by atoms with Crippen LogP contribution in [-0.2, 0) is 9.47 Å². The summed E-state index contributed by atoms with van der Waals surface area (Å²) in [5, 5.41) is 11.1. The van der Waals surface area contributed by atoms with Crippen LogP contribution in [0.2, 0.25) is 0 Å². The van der Waals surface area contributed by atoms with Gasteiger partial charge < -0.3 is 20.3 Å². The molecule has 0 spiro atoms. The summed E-state index contributed by atoms with van der Waals surface area (Å²) in [4.78, 5) is 21.9. The minimum atomic E-state index is -1.19.